The molecule has 1 atom stereocenters. The van der Waals surface area contributed by atoms with Crippen LogP contribution in [0.4, 0.5) is 4.39 Å². The van der Waals surface area contributed by atoms with Crippen LogP contribution in [-0.4, -0.2) is 10.1 Å². The van der Waals surface area contributed by atoms with Gasteiger partial charge in [-0.15, -0.1) is 0 Å². The Balaban J connectivity index is 2.18. The fourth-order valence-electron chi connectivity index (χ4n) is 1.71. The summed E-state index contributed by atoms with van der Waals surface area (Å²) in [5.41, 5.74) is -0.361. The number of hydrogen-bond donors (Lipinski definition) is 1. The smallest absolute Gasteiger partial charge is 0.141 e. The summed E-state index contributed by atoms with van der Waals surface area (Å²) in [4.78, 5) is 3.74. The van der Waals surface area contributed by atoms with Gasteiger partial charge in [-0.1, -0.05) is 12.8 Å². The third kappa shape index (κ3) is 2.10. The summed E-state index contributed by atoms with van der Waals surface area (Å²) in [6.45, 7) is 1.72. The van der Waals surface area contributed by atoms with Gasteiger partial charge in [-0.05, 0) is 25.3 Å². The van der Waals surface area contributed by atoms with Gasteiger partial charge in [0.2, 0.25) is 0 Å². The van der Waals surface area contributed by atoms with Crippen LogP contribution in [0.15, 0.2) is 18.5 Å². The molecule has 1 saturated carbocycles. The molecule has 0 amide bonds. The van der Waals surface area contributed by atoms with Crippen LogP contribution >= 0.6 is 0 Å². The lowest BCUT2D eigenvalue weighted by Gasteiger charge is -2.23. The standard InChI is InChI=1S/C11H14FNO/c1-11(14,5-8-2-3-8)9-4-10(12)7-13-6-9/h4,6-8,14H,2-3,5H2,1H3. The first-order valence-electron chi connectivity index (χ1n) is 4.91. The zero-order valence-electron chi connectivity index (χ0n) is 8.20. The molecule has 3 heteroatoms. The lowest BCUT2D eigenvalue weighted by atomic mass is 9.92. The average Bonchev–Trinajstić information content (AvgIpc) is 2.87. The third-order valence-corrected chi connectivity index (χ3v) is 2.71. The fraction of sp³-hybridized carbons (Fsp3) is 0.545. The molecular formula is C11H14FNO. The van der Waals surface area contributed by atoms with Gasteiger partial charge in [0.15, 0.2) is 0 Å². The number of nitrogens with zero attached hydrogens (tertiary/aromatic N) is 1. The minimum absolute atomic E-state index is 0.390. The topological polar surface area (TPSA) is 33.1 Å². The summed E-state index contributed by atoms with van der Waals surface area (Å²) in [7, 11) is 0. The van der Waals surface area contributed by atoms with E-state index in [2.05, 4.69) is 4.98 Å². The van der Waals surface area contributed by atoms with E-state index in [-0.39, 0.29) is 0 Å². The largest absolute Gasteiger partial charge is 0.385 e. The third-order valence-electron chi connectivity index (χ3n) is 2.71. The molecule has 1 heterocycles. The van der Waals surface area contributed by atoms with Gasteiger partial charge in [-0.25, -0.2) is 4.39 Å². The van der Waals surface area contributed by atoms with E-state index in [0.717, 1.165) is 6.20 Å². The number of hydrogen-bond acceptors (Lipinski definition) is 2. The van der Waals surface area contributed by atoms with Crippen molar-refractivity contribution in [1.82, 2.24) is 4.98 Å². The van der Waals surface area contributed by atoms with Gasteiger partial charge in [0.25, 0.3) is 0 Å². The molecule has 0 radical (unpaired) electrons. The van der Waals surface area contributed by atoms with E-state index in [4.69, 9.17) is 0 Å². The van der Waals surface area contributed by atoms with Crippen molar-refractivity contribution in [2.75, 3.05) is 0 Å². The molecule has 0 bridgehead atoms. The molecule has 1 fully saturated rings. The maximum atomic E-state index is 12.9. The molecule has 1 unspecified atom stereocenters. The Hall–Kier alpha value is -0.960. The van der Waals surface area contributed by atoms with Crippen LogP contribution in [0, 0.1) is 11.7 Å². The monoisotopic (exact) mass is 195 g/mol. The molecule has 2 nitrogen and oxygen atoms in total. The number of aromatic nitrogens is 1. The van der Waals surface area contributed by atoms with Crippen molar-refractivity contribution in [2.45, 2.75) is 31.8 Å². The molecule has 0 spiro atoms. The van der Waals surface area contributed by atoms with E-state index >= 15 is 0 Å². The van der Waals surface area contributed by atoms with Crippen molar-refractivity contribution < 1.29 is 9.50 Å². The molecule has 76 valence electrons. The van der Waals surface area contributed by atoms with Crippen molar-refractivity contribution in [2.24, 2.45) is 5.92 Å². The average molecular weight is 195 g/mol. The van der Waals surface area contributed by atoms with Gasteiger partial charge in [0.05, 0.1) is 11.8 Å². The van der Waals surface area contributed by atoms with Gasteiger partial charge in [0, 0.05) is 11.8 Å². The normalized spacial score (nSPS) is 20.5. The highest BCUT2D eigenvalue weighted by Crippen LogP contribution is 2.40. The van der Waals surface area contributed by atoms with Gasteiger partial charge >= 0.3 is 0 Å². The molecule has 0 aromatic carbocycles. The second-order valence-corrected chi connectivity index (χ2v) is 4.31. The van der Waals surface area contributed by atoms with Crippen LogP contribution in [-0.2, 0) is 5.60 Å². The molecule has 1 aliphatic rings. The first-order chi connectivity index (χ1) is 6.58. The predicted octanol–water partition coefficient (Wildman–Crippen LogP) is 2.23. The quantitative estimate of drug-likeness (QED) is 0.802. The first-order valence-corrected chi connectivity index (χ1v) is 4.91. The minimum atomic E-state index is -0.934. The Morgan fingerprint density at radius 1 is 1.57 bits per heavy atom. The lowest BCUT2D eigenvalue weighted by Crippen LogP contribution is -2.22. The zero-order valence-corrected chi connectivity index (χ0v) is 8.20. The van der Waals surface area contributed by atoms with Gasteiger partial charge in [0.1, 0.15) is 5.82 Å². The van der Waals surface area contributed by atoms with Gasteiger partial charge in [-0.3, -0.25) is 4.98 Å². The molecule has 1 aromatic heterocycles. The van der Waals surface area contributed by atoms with Crippen molar-refractivity contribution in [3.8, 4) is 0 Å². The molecule has 1 aliphatic carbocycles. The van der Waals surface area contributed by atoms with Crippen molar-refractivity contribution in [3.63, 3.8) is 0 Å². The lowest BCUT2D eigenvalue weighted by molar-refractivity contribution is 0.0411. The molecule has 14 heavy (non-hydrogen) atoms. The van der Waals surface area contributed by atoms with Crippen molar-refractivity contribution in [1.29, 1.82) is 0 Å². The Morgan fingerprint density at radius 3 is 2.86 bits per heavy atom. The second kappa shape index (κ2) is 3.31. The number of pyridine rings is 1. The van der Waals surface area contributed by atoms with Crippen LogP contribution in [0.3, 0.4) is 0 Å². The summed E-state index contributed by atoms with van der Waals surface area (Å²) in [6, 6.07) is 1.36. The van der Waals surface area contributed by atoms with E-state index in [9.17, 15) is 9.50 Å². The van der Waals surface area contributed by atoms with Gasteiger partial charge in [-0.2, -0.15) is 0 Å². The fourth-order valence-corrected chi connectivity index (χ4v) is 1.71. The van der Waals surface area contributed by atoms with E-state index in [1.165, 1.54) is 25.1 Å². The summed E-state index contributed by atoms with van der Waals surface area (Å²) >= 11 is 0. The molecule has 0 saturated heterocycles. The van der Waals surface area contributed by atoms with Crippen LogP contribution in [0.5, 0.6) is 0 Å². The van der Waals surface area contributed by atoms with E-state index in [0.29, 0.717) is 17.9 Å². The van der Waals surface area contributed by atoms with E-state index < -0.39 is 11.4 Å². The summed E-state index contributed by atoms with van der Waals surface area (Å²) in [5.74, 6) is 0.215. The summed E-state index contributed by atoms with van der Waals surface area (Å²) in [6.07, 6.45) is 5.75. The Kier molecular flexibility index (Phi) is 2.27. The SMILES string of the molecule is CC(O)(CC1CC1)c1cncc(F)c1. The second-order valence-electron chi connectivity index (χ2n) is 4.31. The Morgan fingerprint density at radius 2 is 2.29 bits per heavy atom. The van der Waals surface area contributed by atoms with Crippen molar-refractivity contribution >= 4 is 0 Å². The molecule has 1 aromatic rings. The molecule has 2 rings (SSSR count). The molecular weight excluding hydrogens is 181 g/mol. The van der Waals surface area contributed by atoms with Gasteiger partial charge < -0.3 is 5.11 Å². The number of rotatable bonds is 3. The Bertz CT molecular complexity index is 334. The van der Waals surface area contributed by atoms with Crippen LogP contribution < -0.4 is 0 Å². The maximum Gasteiger partial charge on any atom is 0.141 e. The van der Waals surface area contributed by atoms with Crippen LogP contribution in [0.1, 0.15) is 31.7 Å². The van der Waals surface area contributed by atoms with Crippen molar-refractivity contribution in [3.05, 3.63) is 29.8 Å². The van der Waals surface area contributed by atoms with Crippen LogP contribution in [0.25, 0.3) is 0 Å². The highest BCUT2D eigenvalue weighted by Gasteiger charge is 2.33. The highest BCUT2D eigenvalue weighted by atomic mass is 19.1. The minimum Gasteiger partial charge on any atom is -0.385 e. The zero-order chi connectivity index (χ0) is 10.2. The highest BCUT2D eigenvalue weighted by molar-refractivity contribution is 5.18. The number of aliphatic hydroxyl groups is 1. The summed E-state index contributed by atoms with van der Waals surface area (Å²) in [5, 5.41) is 10.1. The van der Waals surface area contributed by atoms with Crippen LogP contribution in [0.2, 0.25) is 0 Å². The molecule has 0 aliphatic heterocycles. The van der Waals surface area contributed by atoms with E-state index in [1.54, 1.807) is 6.92 Å². The summed E-state index contributed by atoms with van der Waals surface area (Å²) < 4.78 is 12.9. The predicted molar refractivity (Wildman–Crippen MR) is 51.1 cm³/mol. The van der Waals surface area contributed by atoms with E-state index in [1.807, 2.05) is 0 Å². The maximum absolute atomic E-state index is 12.9. The molecule has 1 N–H and O–H groups in total. The first kappa shape index (κ1) is 9.59. The Labute approximate surface area is 82.8 Å². The number of halogens is 1.